The molecule has 1 aliphatic rings. The second-order valence-electron chi connectivity index (χ2n) is 5.52. The maximum atomic E-state index is 12.3. The molecule has 0 bridgehead atoms. The summed E-state index contributed by atoms with van der Waals surface area (Å²) in [5, 5.41) is 2.46. The fraction of sp³-hybridized carbons (Fsp3) is 0.222. The molecular formula is C18H17NO2. The van der Waals surface area contributed by atoms with E-state index in [-0.39, 0.29) is 23.7 Å². The van der Waals surface area contributed by atoms with Gasteiger partial charge in [0.15, 0.2) is 0 Å². The molecule has 3 rings (SSSR count). The number of aryl methyl sites for hydroxylation is 1. The van der Waals surface area contributed by atoms with Gasteiger partial charge in [0.1, 0.15) is 0 Å². The van der Waals surface area contributed by atoms with Gasteiger partial charge in [-0.2, -0.15) is 0 Å². The zero-order valence-electron chi connectivity index (χ0n) is 11.9. The maximum Gasteiger partial charge on any atom is 0.234 e. The molecule has 3 nitrogen and oxygen atoms in total. The van der Waals surface area contributed by atoms with Crippen molar-refractivity contribution in [3.63, 3.8) is 0 Å². The summed E-state index contributed by atoms with van der Waals surface area (Å²) in [6, 6.07) is 17.7. The first-order valence-corrected chi connectivity index (χ1v) is 7.10. The van der Waals surface area contributed by atoms with Crippen LogP contribution in [0.3, 0.4) is 0 Å². The van der Waals surface area contributed by atoms with Crippen molar-refractivity contribution in [2.24, 2.45) is 0 Å². The molecule has 3 heteroatoms. The van der Waals surface area contributed by atoms with Crippen LogP contribution in [-0.2, 0) is 9.59 Å². The first kappa shape index (κ1) is 13.6. The lowest BCUT2D eigenvalue weighted by Crippen LogP contribution is -2.43. The molecule has 0 aromatic heterocycles. The predicted molar refractivity (Wildman–Crippen MR) is 80.9 cm³/mol. The molecule has 0 aliphatic carbocycles. The zero-order valence-corrected chi connectivity index (χ0v) is 11.9. The topological polar surface area (TPSA) is 46.2 Å². The molecule has 2 amide bonds. The first-order chi connectivity index (χ1) is 10.1. The second-order valence-corrected chi connectivity index (χ2v) is 5.52. The first-order valence-electron chi connectivity index (χ1n) is 7.10. The third-order valence-electron chi connectivity index (χ3n) is 4.02. The fourth-order valence-electron chi connectivity index (χ4n) is 2.93. The van der Waals surface area contributed by atoms with Crippen molar-refractivity contribution in [2.75, 3.05) is 0 Å². The van der Waals surface area contributed by atoms with E-state index < -0.39 is 0 Å². The van der Waals surface area contributed by atoms with Crippen molar-refractivity contribution < 1.29 is 9.59 Å². The van der Waals surface area contributed by atoms with Crippen LogP contribution in [0.4, 0.5) is 0 Å². The van der Waals surface area contributed by atoms with Gasteiger partial charge in [-0.25, -0.2) is 0 Å². The summed E-state index contributed by atoms with van der Waals surface area (Å²) in [5.74, 6) is -0.818. The minimum absolute atomic E-state index is 0.103. The number of nitrogens with one attached hydrogen (secondary N) is 1. The monoisotopic (exact) mass is 279 g/mol. The van der Waals surface area contributed by atoms with E-state index in [0.29, 0.717) is 6.42 Å². The van der Waals surface area contributed by atoms with Crippen molar-refractivity contribution in [2.45, 2.75) is 25.2 Å². The van der Waals surface area contributed by atoms with Crippen molar-refractivity contribution >= 4 is 11.8 Å². The van der Waals surface area contributed by atoms with Crippen molar-refractivity contribution in [1.29, 1.82) is 0 Å². The molecule has 21 heavy (non-hydrogen) atoms. The van der Waals surface area contributed by atoms with E-state index in [1.54, 1.807) is 0 Å². The van der Waals surface area contributed by atoms with Crippen LogP contribution in [0.2, 0.25) is 0 Å². The lowest BCUT2D eigenvalue weighted by atomic mass is 9.76. The standard InChI is InChI=1S/C18H17NO2/c1-12-7-9-13(10-8-12)15-11-16(20)19-18(21)17(15)14-5-3-2-4-6-14/h2-10,15,17H,11H2,1H3,(H,19,20,21). The minimum atomic E-state index is -0.313. The van der Waals surface area contributed by atoms with E-state index in [1.807, 2.05) is 61.5 Å². The highest BCUT2D eigenvalue weighted by Crippen LogP contribution is 2.38. The minimum Gasteiger partial charge on any atom is -0.296 e. The van der Waals surface area contributed by atoms with Crippen LogP contribution in [-0.4, -0.2) is 11.8 Å². The number of carbonyl (C=O) groups is 2. The number of hydrogen-bond acceptors (Lipinski definition) is 2. The van der Waals surface area contributed by atoms with Crippen LogP contribution in [0.25, 0.3) is 0 Å². The third kappa shape index (κ3) is 2.72. The van der Waals surface area contributed by atoms with Gasteiger partial charge >= 0.3 is 0 Å². The van der Waals surface area contributed by atoms with E-state index in [0.717, 1.165) is 11.1 Å². The summed E-state index contributed by atoms with van der Waals surface area (Å²) in [6.07, 6.45) is 0.342. The Hall–Kier alpha value is -2.42. The molecule has 2 atom stereocenters. The Bertz CT molecular complexity index is 661. The summed E-state index contributed by atoms with van der Waals surface area (Å²) in [7, 11) is 0. The lowest BCUT2D eigenvalue weighted by Gasteiger charge is -2.30. The van der Waals surface area contributed by atoms with Gasteiger partial charge in [0, 0.05) is 12.3 Å². The summed E-state index contributed by atoms with van der Waals surface area (Å²) in [4.78, 5) is 24.1. The van der Waals surface area contributed by atoms with Crippen LogP contribution in [0.5, 0.6) is 0 Å². The molecule has 106 valence electrons. The molecule has 0 saturated carbocycles. The fourth-order valence-corrected chi connectivity index (χ4v) is 2.93. The van der Waals surface area contributed by atoms with E-state index in [1.165, 1.54) is 5.56 Å². The van der Waals surface area contributed by atoms with Crippen LogP contribution in [0.1, 0.15) is 34.9 Å². The Morgan fingerprint density at radius 2 is 1.57 bits per heavy atom. The van der Waals surface area contributed by atoms with Gasteiger partial charge in [-0.05, 0) is 18.1 Å². The average molecular weight is 279 g/mol. The largest absolute Gasteiger partial charge is 0.296 e. The summed E-state index contributed by atoms with van der Waals surface area (Å²) in [6.45, 7) is 2.02. The quantitative estimate of drug-likeness (QED) is 0.859. The van der Waals surface area contributed by atoms with Crippen molar-refractivity contribution in [1.82, 2.24) is 5.32 Å². The van der Waals surface area contributed by atoms with Gasteiger partial charge in [0.2, 0.25) is 11.8 Å². The molecule has 1 N–H and O–H groups in total. The normalized spacial score (nSPS) is 22.0. The summed E-state index contributed by atoms with van der Waals surface area (Å²) < 4.78 is 0. The molecule has 2 aromatic rings. The summed E-state index contributed by atoms with van der Waals surface area (Å²) >= 11 is 0. The van der Waals surface area contributed by atoms with E-state index in [2.05, 4.69) is 5.32 Å². The van der Waals surface area contributed by atoms with Gasteiger partial charge in [-0.15, -0.1) is 0 Å². The lowest BCUT2D eigenvalue weighted by molar-refractivity contribution is -0.135. The second kappa shape index (κ2) is 5.52. The van der Waals surface area contributed by atoms with E-state index >= 15 is 0 Å². The molecule has 0 radical (unpaired) electrons. The van der Waals surface area contributed by atoms with Crippen LogP contribution in [0, 0.1) is 6.92 Å². The number of rotatable bonds is 2. The highest BCUT2D eigenvalue weighted by atomic mass is 16.2. The van der Waals surface area contributed by atoms with Gasteiger partial charge < -0.3 is 0 Å². The van der Waals surface area contributed by atoms with Gasteiger partial charge in [0.05, 0.1) is 5.92 Å². The Balaban J connectivity index is 2.03. The van der Waals surface area contributed by atoms with Crippen LogP contribution in [0.15, 0.2) is 54.6 Å². The predicted octanol–water partition coefficient (Wildman–Crippen LogP) is 2.91. The highest BCUT2D eigenvalue weighted by Gasteiger charge is 2.37. The molecule has 1 aliphatic heterocycles. The van der Waals surface area contributed by atoms with Crippen molar-refractivity contribution in [3.05, 3.63) is 71.3 Å². The number of carbonyl (C=O) groups excluding carboxylic acids is 2. The SMILES string of the molecule is Cc1ccc(C2CC(=O)NC(=O)C2c2ccccc2)cc1. The Morgan fingerprint density at radius 3 is 2.24 bits per heavy atom. The maximum absolute atomic E-state index is 12.3. The van der Waals surface area contributed by atoms with Crippen LogP contribution >= 0.6 is 0 Å². The molecular weight excluding hydrogens is 262 g/mol. The molecule has 0 spiro atoms. The highest BCUT2D eigenvalue weighted by molar-refractivity contribution is 6.02. The molecule has 1 heterocycles. The van der Waals surface area contributed by atoms with E-state index in [4.69, 9.17) is 0 Å². The number of piperidine rings is 1. The number of benzene rings is 2. The van der Waals surface area contributed by atoms with Gasteiger partial charge in [0.25, 0.3) is 0 Å². The number of amides is 2. The Kier molecular flexibility index (Phi) is 3.57. The summed E-state index contributed by atoms with van der Waals surface area (Å²) in [5.41, 5.74) is 3.16. The zero-order chi connectivity index (χ0) is 14.8. The smallest absolute Gasteiger partial charge is 0.234 e. The number of hydrogen-bond donors (Lipinski definition) is 1. The molecule has 2 aromatic carbocycles. The molecule has 1 saturated heterocycles. The van der Waals surface area contributed by atoms with Crippen LogP contribution < -0.4 is 5.32 Å². The Morgan fingerprint density at radius 1 is 0.905 bits per heavy atom. The van der Waals surface area contributed by atoms with E-state index in [9.17, 15) is 9.59 Å². The molecule has 2 unspecified atom stereocenters. The van der Waals surface area contributed by atoms with Crippen molar-refractivity contribution in [3.8, 4) is 0 Å². The molecule has 1 fully saturated rings. The Labute approximate surface area is 124 Å². The number of imide groups is 1. The average Bonchev–Trinajstić information content (AvgIpc) is 2.48. The third-order valence-corrected chi connectivity index (χ3v) is 4.02. The van der Waals surface area contributed by atoms with Gasteiger partial charge in [-0.1, -0.05) is 60.2 Å². The van der Waals surface area contributed by atoms with Gasteiger partial charge in [-0.3, -0.25) is 14.9 Å².